The predicted octanol–water partition coefficient (Wildman–Crippen LogP) is 2.38. The smallest absolute Gasteiger partial charge is 0.242 e. The molecule has 132 valence electrons. The standard InChI is InChI=1S/C19H28FN3O/c1-14(2)17-13-23(18(24)19(21)8-9-19)11-3-10-22(17)12-15-4-6-16(20)7-5-15/h4-7,14,17H,3,8-13,21H2,1-2H3. The molecule has 2 aliphatic rings. The maximum absolute atomic E-state index is 13.1. The van der Waals surface area contributed by atoms with Gasteiger partial charge in [-0.2, -0.15) is 0 Å². The summed E-state index contributed by atoms with van der Waals surface area (Å²) in [5.74, 6) is 0.355. The molecule has 1 saturated carbocycles. The molecule has 1 aromatic carbocycles. The van der Waals surface area contributed by atoms with Gasteiger partial charge in [-0.25, -0.2) is 4.39 Å². The summed E-state index contributed by atoms with van der Waals surface area (Å²) in [7, 11) is 0. The maximum Gasteiger partial charge on any atom is 0.242 e. The van der Waals surface area contributed by atoms with Gasteiger partial charge in [-0.3, -0.25) is 9.69 Å². The Hall–Kier alpha value is -1.46. The van der Waals surface area contributed by atoms with Crippen molar-refractivity contribution < 1.29 is 9.18 Å². The van der Waals surface area contributed by atoms with Crippen LogP contribution in [0.1, 0.15) is 38.7 Å². The third kappa shape index (κ3) is 3.78. The number of halogens is 1. The molecule has 0 aromatic heterocycles. The SMILES string of the molecule is CC(C)C1CN(C(=O)C2(N)CC2)CCCN1Cc1ccc(F)cc1. The second-order valence-corrected chi connectivity index (χ2v) is 7.67. The summed E-state index contributed by atoms with van der Waals surface area (Å²) < 4.78 is 13.1. The van der Waals surface area contributed by atoms with E-state index in [4.69, 9.17) is 5.73 Å². The van der Waals surface area contributed by atoms with E-state index < -0.39 is 5.54 Å². The van der Waals surface area contributed by atoms with Crippen LogP contribution in [-0.2, 0) is 11.3 Å². The zero-order valence-electron chi connectivity index (χ0n) is 14.7. The highest BCUT2D eigenvalue weighted by Crippen LogP contribution is 2.35. The molecule has 0 spiro atoms. The number of rotatable bonds is 4. The minimum absolute atomic E-state index is 0.122. The third-order valence-electron chi connectivity index (χ3n) is 5.32. The summed E-state index contributed by atoms with van der Waals surface area (Å²) >= 11 is 0. The summed E-state index contributed by atoms with van der Waals surface area (Å²) in [6, 6.07) is 7.01. The van der Waals surface area contributed by atoms with Crippen LogP contribution < -0.4 is 5.73 Å². The van der Waals surface area contributed by atoms with Gasteiger partial charge in [-0.05, 0) is 42.9 Å². The Morgan fingerprint density at radius 3 is 2.54 bits per heavy atom. The van der Waals surface area contributed by atoms with Crippen LogP contribution in [-0.4, -0.2) is 46.9 Å². The monoisotopic (exact) mass is 333 g/mol. The Morgan fingerprint density at radius 2 is 1.96 bits per heavy atom. The van der Waals surface area contributed by atoms with Crippen LogP contribution in [0.25, 0.3) is 0 Å². The fourth-order valence-corrected chi connectivity index (χ4v) is 3.56. The Bertz CT molecular complexity index is 583. The first-order valence-corrected chi connectivity index (χ1v) is 8.96. The summed E-state index contributed by atoms with van der Waals surface area (Å²) in [5.41, 5.74) is 6.65. The van der Waals surface area contributed by atoms with Gasteiger partial charge >= 0.3 is 0 Å². The lowest BCUT2D eigenvalue weighted by Crippen LogP contribution is -2.50. The summed E-state index contributed by atoms with van der Waals surface area (Å²) in [5, 5.41) is 0. The zero-order chi connectivity index (χ0) is 17.3. The van der Waals surface area contributed by atoms with Crippen LogP contribution in [0.15, 0.2) is 24.3 Å². The molecule has 1 amide bonds. The highest BCUT2D eigenvalue weighted by molar-refractivity contribution is 5.89. The van der Waals surface area contributed by atoms with Crippen molar-refractivity contribution in [3.8, 4) is 0 Å². The van der Waals surface area contributed by atoms with Crippen molar-refractivity contribution in [1.29, 1.82) is 0 Å². The molecule has 1 unspecified atom stereocenters. The van der Waals surface area contributed by atoms with E-state index in [0.29, 0.717) is 12.0 Å². The number of carbonyl (C=O) groups is 1. The van der Waals surface area contributed by atoms with Crippen LogP contribution in [0, 0.1) is 11.7 Å². The number of carbonyl (C=O) groups excluding carboxylic acids is 1. The van der Waals surface area contributed by atoms with Crippen LogP contribution in [0.2, 0.25) is 0 Å². The van der Waals surface area contributed by atoms with E-state index in [-0.39, 0.29) is 11.7 Å². The van der Waals surface area contributed by atoms with Gasteiger partial charge in [0.2, 0.25) is 5.91 Å². The minimum Gasteiger partial charge on any atom is -0.339 e. The third-order valence-corrected chi connectivity index (χ3v) is 5.32. The van der Waals surface area contributed by atoms with Crippen molar-refractivity contribution in [3.63, 3.8) is 0 Å². The van der Waals surface area contributed by atoms with E-state index in [1.165, 1.54) is 12.1 Å². The highest BCUT2D eigenvalue weighted by Gasteiger charge is 2.48. The number of nitrogens with zero attached hydrogens (tertiary/aromatic N) is 2. The van der Waals surface area contributed by atoms with Crippen LogP contribution in [0.4, 0.5) is 4.39 Å². The lowest BCUT2D eigenvalue weighted by Gasteiger charge is -2.35. The molecule has 3 rings (SSSR count). The lowest BCUT2D eigenvalue weighted by atomic mass is 10.0. The van der Waals surface area contributed by atoms with E-state index >= 15 is 0 Å². The largest absolute Gasteiger partial charge is 0.339 e. The van der Waals surface area contributed by atoms with E-state index in [1.54, 1.807) is 0 Å². The molecule has 2 fully saturated rings. The number of nitrogens with two attached hydrogens (primary N) is 1. The predicted molar refractivity (Wildman–Crippen MR) is 92.8 cm³/mol. The van der Waals surface area contributed by atoms with Crippen LogP contribution in [0.5, 0.6) is 0 Å². The molecular formula is C19H28FN3O. The molecule has 0 bridgehead atoms. The first-order chi connectivity index (χ1) is 11.4. The van der Waals surface area contributed by atoms with E-state index in [9.17, 15) is 9.18 Å². The average Bonchev–Trinajstić information content (AvgIpc) is 3.32. The van der Waals surface area contributed by atoms with Crippen molar-refractivity contribution in [2.75, 3.05) is 19.6 Å². The normalized spacial score (nSPS) is 24.0. The van der Waals surface area contributed by atoms with E-state index in [2.05, 4.69) is 18.7 Å². The second-order valence-electron chi connectivity index (χ2n) is 7.67. The molecule has 1 saturated heterocycles. The van der Waals surface area contributed by atoms with Crippen molar-refractivity contribution >= 4 is 5.91 Å². The van der Waals surface area contributed by atoms with Gasteiger partial charge in [0.25, 0.3) is 0 Å². The van der Waals surface area contributed by atoms with Crippen molar-refractivity contribution in [2.45, 2.75) is 51.2 Å². The molecule has 4 nitrogen and oxygen atoms in total. The maximum atomic E-state index is 13.1. The topological polar surface area (TPSA) is 49.6 Å². The summed E-state index contributed by atoms with van der Waals surface area (Å²) in [4.78, 5) is 17.1. The Morgan fingerprint density at radius 1 is 1.29 bits per heavy atom. The quantitative estimate of drug-likeness (QED) is 0.920. The molecule has 1 aliphatic heterocycles. The second kappa shape index (κ2) is 6.81. The summed E-state index contributed by atoms with van der Waals surface area (Å²) in [6.45, 7) is 7.65. The molecular weight excluding hydrogens is 305 g/mol. The Balaban J connectivity index is 1.72. The van der Waals surface area contributed by atoms with Gasteiger partial charge in [0.1, 0.15) is 5.82 Å². The average molecular weight is 333 g/mol. The Labute approximate surface area is 143 Å². The molecule has 1 aliphatic carbocycles. The number of hydrogen-bond acceptors (Lipinski definition) is 3. The van der Waals surface area contributed by atoms with Gasteiger partial charge < -0.3 is 10.6 Å². The molecule has 0 radical (unpaired) electrons. The minimum atomic E-state index is -0.590. The molecule has 1 atom stereocenters. The fraction of sp³-hybridized carbons (Fsp3) is 0.632. The van der Waals surface area contributed by atoms with Gasteiger partial charge in [-0.15, -0.1) is 0 Å². The van der Waals surface area contributed by atoms with E-state index in [0.717, 1.165) is 51.0 Å². The van der Waals surface area contributed by atoms with Gasteiger partial charge in [0.15, 0.2) is 0 Å². The van der Waals surface area contributed by atoms with Gasteiger partial charge in [-0.1, -0.05) is 26.0 Å². The van der Waals surface area contributed by atoms with Gasteiger partial charge in [0, 0.05) is 32.2 Å². The Kier molecular flexibility index (Phi) is 4.92. The van der Waals surface area contributed by atoms with Crippen molar-refractivity contribution in [3.05, 3.63) is 35.6 Å². The summed E-state index contributed by atoms with van der Waals surface area (Å²) in [6.07, 6.45) is 2.58. The first-order valence-electron chi connectivity index (χ1n) is 8.96. The molecule has 2 N–H and O–H groups in total. The van der Waals surface area contributed by atoms with Crippen molar-refractivity contribution in [2.24, 2.45) is 11.7 Å². The van der Waals surface area contributed by atoms with Gasteiger partial charge in [0.05, 0.1) is 5.54 Å². The number of benzene rings is 1. The molecule has 1 heterocycles. The van der Waals surface area contributed by atoms with Crippen molar-refractivity contribution in [1.82, 2.24) is 9.80 Å². The molecule has 1 aromatic rings. The highest BCUT2D eigenvalue weighted by atomic mass is 19.1. The van der Waals surface area contributed by atoms with E-state index in [1.807, 2.05) is 17.0 Å². The molecule has 5 heteroatoms. The number of hydrogen-bond donors (Lipinski definition) is 1. The fourth-order valence-electron chi connectivity index (χ4n) is 3.56. The van der Waals surface area contributed by atoms with Crippen LogP contribution in [0.3, 0.4) is 0 Å². The lowest BCUT2D eigenvalue weighted by molar-refractivity contribution is -0.134. The van der Waals surface area contributed by atoms with Crippen LogP contribution >= 0.6 is 0 Å². The zero-order valence-corrected chi connectivity index (χ0v) is 14.7. The first kappa shape index (κ1) is 17.4. The number of amides is 1. The molecule has 24 heavy (non-hydrogen) atoms.